The fourth-order valence-electron chi connectivity index (χ4n) is 4.50. The van der Waals surface area contributed by atoms with E-state index in [9.17, 15) is 4.79 Å². The van der Waals surface area contributed by atoms with E-state index in [4.69, 9.17) is 4.74 Å². The van der Waals surface area contributed by atoms with Gasteiger partial charge in [0.25, 0.3) is 0 Å². The molecule has 2 saturated heterocycles. The van der Waals surface area contributed by atoms with Crippen molar-refractivity contribution in [3.05, 3.63) is 60.2 Å². The molecule has 2 N–H and O–H groups in total. The zero-order chi connectivity index (χ0) is 18.6. The minimum absolute atomic E-state index is 0.135. The number of benzene rings is 2. The summed E-state index contributed by atoms with van der Waals surface area (Å²) in [7, 11) is 1.62. The number of amides is 2. The number of nitrogens with one attached hydrogen (secondary N) is 2. The first kappa shape index (κ1) is 17.9. The van der Waals surface area contributed by atoms with Gasteiger partial charge >= 0.3 is 6.03 Å². The lowest BCUT2D eigenvalue weighted by molar-refractivity contribution is 0.112. The van der Waals surface area contributed by atoms with Crippen molar-refractivity contribution in [2.45, 2.75) is 50.4 Å². The van der Waals surface area contributed by atoms with Crippen LogP contribution in [0.2, 0.25) is 0 Å². The third-order valence-corrected chi connectivity index (χ3v) is 5.76. The Labute approximate surface area is 160 Å². The number of nitrogens with zero attached hydrogens (tertiary/aromatic N) is 1. The number of piperidine rings is 1. The van der Waals surface area contributed by atoms with Crippen molar-refractivity contribution in [1.82, 2.24) is 10.2 Å². The number of fused-ring (bicyclic) bond motifs is 2. The molecule has 0 aromatic heterocycles. The highest BCUT2D eigenvalue weighted by Crippen LogP contribution is 2.36. The van der Waals surface area contributed by atoms with Crippen molar-refractivity contribution >= 4 is 11.7 Å². The Morgan fingerprint density at radius 3 is 2.52 bits per heavy atom. The summed E-state index contributed by atoms with van der Waals surface area (Å²) in [4.78, 5) is 15.0. The second kappa shape index (κ2) is 8.01. The normalized spacial score (nSPS) is 24.4. The number of methoxy groups -OCH3 is 1. The van der Waals surface area contributed by atoms with E-state index >= 15 is 0 Å². The van der Waals surface area contributed by atoms with Crippen LogP contribution in [0.25, 0.3) is 0 Å². The lowest BCUT2D eigenvalue weighted by atomic mass is 9.96. The molecule has 0 aliphatic carbocycles. The van der Waals surface area contributed by atoms with E-state index in [1.54, 1.807) is 7.11 Å². The third-order valence-electron chi connectivity index (χ3n) is 5.76. The first-order valence-electron chi connectivity index (χ1n) is 9.72. The smallest absolute Gasteiger partial charge is 0.319 e. The van der Waals surface area contributed by atoms with Gasteiger partial charge in [-0.2, -0.15) is 0 Å². The molecule has 2 aromatic rings. The Balaban J connectivity index is 1.32. The molecule has 142 valence electrons. The van der Waals surface area contributed by atoms with Crippen molar-refractivity contribution < 1.29 is 9.53 Å². The van der Waals surface area contributed by atoms with E-state index in [1.807, 2.05) is 24.3 Å². The Morgan fingerprint density at radius 1 is 1.07 bits per heavy atom. The predicted molar refractivity (Wildman–Crippen MR) is 107 cm³/mol. The van der Waals surface area contributed by atoms with Crippen LogP contribution in [0.15, 0.2) is 54.6 Å². The second-order valence-electron chi connectivity index (χ2n) is 7.54. The summed E-state index contributed by atoms with van der Waals surface area (Å²) >= 11 is 0. The van der Waals surface area contributed by atoms with Gasteiger partial charge in [0.1, 0.15) is 5.75 Å². The van der Waals surface area contributed by atoms with Gasteiger partial charge in [0.2, 0.25) is 0 Å². The summed E-state index contributed by atoms with van der Waals surface area (Å²) in [5.41, 5.74) is 2.12. The van der Waals surface area contributed by atoms with E-state index < -0.39 is 0 Å². The lowest BCUT2D eigenvalue weighted by Crippen LogP contribution is -2.50. The third kappa shape index (κ3) is 4.25. The molecular formula is C22H27N3O2. The monoisotopic (exact) mass is 365 g/mol. The molecular weight excluding hydrogens is 338 g/mol. The van der Waals surface area contributed by atoms with E-state index in [2.05, 4.69) is 45.9 Å². The number of anilines is 1. The first-order valence-corrected chi connectivity index (χ1v) is 9.72. The highest BCUT2D eigenvalue weighted by atomic mass is 16.5. The van der Waals surface area contributed by atoms with Gasteiger partial charge in [-0.3, -0.25) is 4.90 Å². The highest BCUT2D eigenvalue weighted by molar-refractivity contribution is 5.89. The minimum Gasteiger partial charge on any atom is -0.497 e. The van der Waals surface area contributed by atoms with Crippen LogP contribution < -0.4 is 15.4 Å². The van der Waals surface area contributed by atoms with Gasteiger partial charge in [0.05, 0.1) is 7.11 Å². The molecule has 2 aliphatic rings. The van der Waals surface area contributed by atoms with Crippen LogP contribution in [0.4, 0.5) is 10.5 Å². The molecule has 2 unspecified atom stereocenters. The maximum absolute atomic E-state index is 12.4. The Bertz CT molecular complexity index is 766. The van der Waals surface area contributed by atoms with Crippen molar-refractivity contribution in [3.63, 3.8) is 0 Å². The van der Waals surface area contributed by atoms with Gasteiger partial charge in [0, 0.05) is 36.4 Å². The van der Waals surface area contributed by atoms with Crippen molar-refractivity contribution in [1.29, 1.82) is 0 Å². The molecule has 27 heavy (non-hydrogen) atoms. The molecule has 5 nitrogen and oxygen atoms in total. The van der Waals surface area contributed by atoms with Crippen molar-refractivity contribution in [3.8, 4) is 5.75 Å². The SMILES string of the molecule is COc1cccc(NC(=O)NC2CC3CCC(C2)N3Cc2ccccc2)c1. The fraction of sp³-hybridized carbons (Fsp3) is 0.409. The van der Waals surface area contributed by atoms with Crippen LogP contribution in [0, 0.1) is 0 Å². The summed E-state index contributed by atoms with van der Waals surface area (Å²) in [6.07, 6.45) is 4.50. The van der Waals surface area contributed by atoms with Gasteiger partial charge < -0.3 is 15.4 Å². The number of urea groups is 1. The number of carbonyl (C=O) groups excluding carboxylic acids is 1. The molecule has 2 amide bonds. The summed E-state index contributed by atoms with van der Waals surface area (Å²) < 4.78 is 5.21. The minimum atomic E-state index is -0.135. The van der Waals surface area contributed by atoms with Crippen LogP contribution in [-0.2, 0) is 6.54 Å². The standard InChI is InChI=1S/C22H27N3O2/c1-27-21-9-5-8-17(14-21)23-22(26)24-18-12-19-10-11-20(13-18)25(19)15-16-6-3-2-4-7-16/h2-9,14,18-20H,10-13,15H2,1H3,(H2,23,24,26). The van der Waals surface area contributed by atoms with Crippen LogP contribution >= 0.6 is 0 Å². The number of hydrogen-bond donors (Lipinski definition) is 2. The molecule has 2 heterocycles. The van der Waals surface area contributed by atoms with Gasteiger partial charge in [0.15, 0.2) is 0 Å². The predicted octanol–water partition coefficient (Wildman–Crippen LogP) is 4.01. The van der Waals surface area contributed by atoms with E-state index in [1.165, 1.54) is 18.4 Å². The van der Waals surface area contributed by atoms with E-state index in [0.717, 1.165) is 30.8 Å². The van der Waals surface area contributed by atoms with Gasteiger partial charge in [-0.05, 0) is 43.4 Å². The van der Waals surface area contributed by atoms with Crippen molar-refractivity contribution in [2.24, 2.45) is 0 Å². The molecule has 2 bridgehead atoms. The first-order chi connectivity index (χ1) is 13.2. The Kier molecular flexibility index (Phi) is 5.30. The van der Waals surface area contributed by atoms with Crippen LogP contribution in [0.1, 0.15) is 31.2 Å². The molecule has 2 fully saturated rings. The highest BCUT2D eigenvalue weighted by Gasteiger charge is 2.40. The van der Waals surface area contributed by atoms with Crippen LogP contribution in [-0.4, -0.2) is 36.2 Å². The Hall–Kier alpha value is -2.53. The summed E-state index contributed by atoms with van der Waals surface area (Å²) in [6, 6.07) is 19.3. The van der Waals surface area contributed by atoms with Crippen LogP contribution in [0.5, 0.6) is 5.75 Å². The molecule has 0 saturated carbocycles. The fourth-order valence-corrected chi connectivity index (χ4v) is 4.50. The molecule has 0 spiro atoms. The van der Waals surface area contributed by atoms with E-state index in [-0.39, 0.29) is 12.1 Å². The summed E-state index contributed by atoms with van der Waals surface area (Å²) in [5, 5.41) is 6.09. The van der Waals surface area contributed by atoms with Gasteiger partial charge in [-0.15, -0.1) is 0 Å². The average Bonchev–Trinajstić information content (AvgIpc) is 2.91. The zero-order valence-corrected chi connectivity index (χ0v) is 15.7. The zero-order valence-electron chi connectivity index (χ0n) is 15.7. The molecule has 5 heteroatoms. The van der Waals surface area contributed by atoms with Crippen LogP contribution in [0.3, 0.4) is 0 Å². The molecule has 4 rings (SSSR count). The number of ether oxygens (including phenoxy) is 1. The second-order valence-corrected chi connectivity index (χ2v) is 7.54. The summed E-state index contributed by atoms with van der Waals surface area (Å²) in [6.45, 7) is 1.01. The largest absolute Gasteiger partial charge is 0.497 e. The van der Waals surface area contributed by atoms with Gasteiger partial charge in [-0.1, -0.05) is 36.4 Å². The summed E-state index contributed by atoms with van der Waals surface area (Å²) in [5.74, 6) is 0.736. The lowest BCUT2D eigenvalue weighted by Gasteiger charge is -2.39. The van der Waals surface area contributed by atoms with Crippen molar-refractivity contribution in [2.75, 3.05) is 12.4 Å². The maximum Gasteiger partial charge on any atom is 0.319 e. The topological polar surface area (TPSA) is 53.6 Å². The molecule has 2 atom stereocenters. The number of carbonyl (C=O) groups is 1. The van der Waals surface area contributed by atoms with E-state index in [0.29, 0.717) is 12.1 Å². The number of rotatable bonds is 5. The Morgan fingerprint density at radius 2 is 1.81 bits per heavy atom. The molecule has 2 aliphatic heterocycles. The number of hydrogen-bond acceptors (Lipinski definition) is 3. The quantitative estimate of drug-likeness (QED) is 0.842. The molecule has 2 aromatic carbocycles. The maximum atomic E-state index is 12.4. The van der Waals surface area contributed by atoms with Gasteiger partial charge in [-0.25, -0.2) is 4.79 Å². The molecule has 0 radical (unpaired) electrons. The average molecular weight is 365 g/mol.